The summed E-state index contributed by atoms with van der Waals surface area (Å²) in [5.74, 6) is 0.692. The summed E-state index contributed by atoms with van der Waals surface area (Å²) in [7, 11) is 0. The number of hydrogen-bond acceptors (Lipinski definition) is 3. The van der Waals surface area contributed by atoms with Crippen molar-refractivity contribution in [2.45, 2.75) is 57.0 Å². The van der Waals surface area contributed by atoms with E-state index in [0.29, 0.717) is 32.5 Å². The fourth-order valence-corrected chi connectivity index (χ4v) is 3.51. The smallest absolute Gasteiger partial charge is 0.315 e. The summed E-state index contributed by atoms with van der Waals surface area (Å²) in [5.41, 5.74) is 0.249. The fraction of sp³-hybridized carbons (Fsp3) is 0.619. The number of urea groups is 1. The van der Waals surface area contributed by atoms with Gasteiger partial charge in [-0.25, -0.2) is 4.79 Å². The molecule has 0 spiro atoms. The molecule has 2 aliphatic carbocycles. The molecule has 1 aromatic rings. The van der Waals surface area contributed by atoms with Gasteiger partial charge in [-0.2, -0.15) is 0 Å². The third kappa shape index (κ3) is 6.24. The third-order valence-electron chi connectivity index (χ3n) is 5.34. The molecule has 0 aliphatic heterocycles. The fourth-order valence-electron chi connectivity index (χ4n) is 3.51. The predicted molar refractivity (Wildman–Crippen MR) is 104 cm³/mol. The Morgan fingerprint density at radius 2 is 1.81 bits per heavy atom. The zero-order valence-electron chi connectivity index (χ0n) is 16.0. The van der Waals surface area contributed by atoms with Crippen LogP contribution in [0.2, 0.25) is 0 Å². The van der Waals surface area contributed by atoms with Gasteiger partial charge < -0.3 is 20.7 Å². The highest BCUT2D eigenvalue weighted by atomic mass is 16.5. The van der Waals surface area contributed by atoms with Crippen LogP contribution in [0, 0.1) is 5.92 Å². The first-order chi connectivity index (χ1) is 13.2. The summed E-state index contributed by atoms with van der Waals surface area (Å²) in [6, 6.07) is 9.46. The van der Waals surface area contributed by atoms with Gasteiger partial charge in [-0.3, -0.25) is 4.79 Å². The molecule has 0 radical (unpaired) electrons. The van der Waals surface area contributed by atoms with Crippen LogP contribution in [0.3, 0.4) is 0 Å². The van der Waals surface area contributed by atoms with Gasteiger partial charge in [0.05, 0.1) is 0 Å². The lowest BCUT2D eigenvalue weighted by Gasteiger charge is -2.29. The maximum absolute atomic E-state index is 12.7. The molecule has 3 amide bonds. The summed E-state index contributed by atoms with van der Waals surface area (Å²) in [6.07, 6.45) is 6.67. The average molecular weight is 373 g/mol. The molecule has 0 saturated heterocycles. The first-order valence-corrected chi connectivity index (χ1v) is 10.1. The Bertz CT molecular complexity index is 610. The third-order valence-corrected chi connectivity index (χ3v) is 5.34. The highest BCUT2D eigenvalue weighted by Gasteiger charge is 2.42. The molecular weight excluding hydrogens is 342 g/mol. The van der Waals surface area contributed by atoms with Crippen molar-refractivity contribution in [1.82, 2.24) is 16.0 Å². The molecule has 27 heavy (non-hydrogen) atoms. The number of carbonyl (C=O) groups is 2. The Kier molecular flexibility index (Phi) is 7.10. The van der Waals surface area contributed by atoms with E-state index in [9.17, 15) is 9.59 Å². The van der Waals surface area contributed by atoms with Crippen molar-refractivity contribution in [2.24, 2.45) is 5.92 Å². The monoisotopic (exact) mass is 373 g/mol. The van der Waals surface area contributed by atoms with E-state index in [1.54, 1.807) is 0 Å². The van der Waals surface area contributed by atoms with Gasteiger partial charge in [0, 0.05) is 26.3 Å². The second-order valence-corrected chi connectivity index (χ2v) is 7.71. The van der Waals surface area contributed by atoms with E-state index >= 15 is 0 Å². The minimum absolute atomic E-state index is 0.0722. The van der Waals surface area contributed by atoms with Gasteiger partial charge in [-0.1, -0.05) is 43.2 Å². The van der Waals surface area contributed by atoms with Gasteiger partial charge in [0.25, 0.3) is 0 Å². The molecule has 0 unspecified atom stereocenters. The zero-order valence-corrected chi connectivity index (χ0v) is 16.0. The lowest BCUT2D eigenvalue weighted by Crippen LogP contribution is -2.59. The van der Waals surface area contributed by atoms with Crippen molar-refractivity contribution in [3.63, 3.8) is 0 Å². The molecule has 3 N–H and O–H groups in total. The number of amides is 3. The van der Waals surface area contributed by atoms with Crippen LogP contribution < -0.4 is 16.0 Å². The van der Waals surface area contributed by atoms with Gasteiger partial charge in [-0.15, -0.1) is 0 Å². The van der Waals surface area contributed by atoms with Crippen molar-refractivity contribution in [3.8, 4) is 0 Å². The highest BCUT2D eigenvalue weighted by molar-refractivity contribution is 5.91. The molecule has 2 aliphatic rings. The van der Waals surface area contributed by atoms with Crippen LogP contribution >= 0.6 is 0 Å². The predicted octanol–water partition coefficient (Wildman–Crippen LogP) is 2.73. The Balaban J connectivity index is 1.39. The van der Waals surface area contributed by atoms with E-state index in [1.165, 1.54) is 12.8 Å². The number of benzene rings is 1. The summed E-state index contributed by atoms with van der Waals surface area (Å²) < 4.78 is 5.60. The standard InChI is InChI=1S/C21H31N3O3/c25-19(22-13-6-14-27-16-18-9-10-18)21(11-4-5-12-21)24-20(26)23-15-17-7-2-1-3-8-17/h1-3,7-8,18H,4-6,9-16H2,(H,22,25)(H2,23,24,26). The van der Waals surface area contributed by atoms with Crippen LogP contribution in [0.25, 0.3) is 0 Å². The second-order valence-electron chi connectivity index (χ2n) is 7.71. The van der Waals surface area contributed by atoms with Gasteiger partial charge in [0.1, 0.15) is 5.54 Å². The number of hydrogen-bond donors (Lipinski definition) is 3. The van der Waals surface area contributed by atoms with Crippen LogP contribution in [-0.4, -0.2) is 37.2 Å². The van der Waals surface area contributed by atoms with Crippen LogP contribution in [0.5, 0.6) is 0 Å². The first kappa shape index (κ1) is 19.7. The minimum atomic E-state index is -0.782. The van der Waals surface area contributed by atoms with E-state index < -0.39 is 5.54 Å². The van der Waals surface area contributed by atoms with E-state index in [-0.39, 0.29) is 11.9 Å². The van der Waals surface area contributed by atoms with Gasteiger partial charge in [-0.05, 0) is 43.6 Å². The number of rotatable bonds is 10. The van der Waals surface area contributed by atoms with Crippen molar-refractivity contribution < 1.29 is 14.3 Å². The summed E-state index contributed by atoms with van der Waals surface area (Å²) >= 11 is 0. The van der Waals surface area contributed by atoms with E-state index in [0.717, 1.165) is 37.4 Å². The molecule has 1 aromatic carbocycles. The summed E-state index contributed by atoms with van der Waals surface area (Å²) in [6.45, 7) is 2.55. The topological polar surface area (TPSA) is 79.5 Å². The molecule has 6 heteroatoms. The van der Waals surface area contributed by atoms with E-state index in [2.05, 4.69) is 16.0 Å². The first-order valence-electron chi connectivity index (χ1n) is 10.1. The average Bonchev–Trinajstić information content (AvgIpc) is 3.39. The Hall–Kier alpha value is -2.08. The molecule has 3 rings (SSSR count). The SMILES string of the molecule is O=C(NCc1ccccc1)NC1(C(=O)NCCCOCC2CC2)CCCC1. The summed E-state index contributed by atoms with van der Waals surface area (Å²) in [5, 5.41) is 8.79. The lowest BCUT2D eigenvalue weighted by atomic mass is 9.96. The lowest BCUT2D eigenvalue weighted by molar-refractivity contribution is -0.127. The van der Waals surface area contributed by atoms with Gasteiger partial charge >= 0.3 is 6.03 Å². The molecule has 2 saturated carbocycles. The van der Waals surface area contributed by atoms with Crippen molar-refractivity contribution >= 4 is 11.9 Å². The zero-order chi connectivity index (χ0) is 19.0. The van der Waals surface area contributed by atoms with Crippen LogP contribution in [0.15, 0.2) is 30.3 Å². The van der Waals surface area contributed by atoms with Crippen LogP contribution in [-0.2, 0) is 16.1 Å². The molecule has 2 fully saturated rings. The van der Waals surface area contributed by atoms with Crippen molar-refractivity contribution in [2.75, 3.05) is 19.8 Å². The molecule has 0 atom stereocenters. The van der Waals surface area contributed by atoms with Crippen molar-refractivity contribution in [3.05, 3.63) is 35.9 Å². The maximum Gasteiger partial charge on any atom is 0.315 e. The summed E-state index contributed by atoms with van der Waals surface area (Å²) in [4.78, 5) is 25.1. The van der Waals surface area contributed by atoms with Gasteiger partial charge in [0.2, 0.25) is 5.91 Å². The van der Waals surface area contributed by atoms with Crippen LogP contribution in [0.1, 0.15) is 50.5 Å². The Morgan fingerprint density at radius 3 is 2.52 bits per heavy atom. The second kappa shape index (κ2) is 9.74. The molecular formula is C21H31N3O3. The van der Waals surface area contributed by atoms with E-state index in [1.807, 2.05) is 30.3 Å². The molecule has 6 nitrogen and oxygen atoms in total. The normalized spacial score (nSPS) is 18.1. The molecule has 0 aromatic heterocycles. The largest absolute Gasteiger partial charge is 0.381 e. The Labute approximate surface area is 161 Å². The highest BCUT2D eigenvalue weighted by Crippen LogP contribution is 2.30. The molecule has 0 bridgehead atoms. The van der Waals surface area contributed by atoms with Crippen LogP contribution in [0.4, 0.5) is 4.79 Å². The maximum atomic E-state index is 12.7. The van der Waals surface area contributed by atoms with E-state index in [4.69, 9.17) is 4.74 Å². The molecule has 148 valence electrons. The quantitative estimate of drug-likeness (QED) is 0.552. The Morgan fingerprint density at radius 1 is 1.07 bits per heavy atom. The number of nitrogens with one attached hydrogen (secondary N) is 3. The van der Waals surface area contributed by atoms with Gasteiger partial charge in [0.15, 0.2) is 0 Å². The molecule has 0 heterocycles. The minimum Gasteiger partial charge on any atom is -0.381 e. The van der Waals surface area contributed by atoms with Crippen molar-refractivity contribution in [1.29, 1.82) is 0 Å². The number of carbonyl (C=O) groups excluding carboxylic acids is 2. The number of ether oxygens (including phenoxy) is 1.